The van der Waals surface area contributed by atoms with Crippen molar-refractivity contribution in [3.05, 3.63) is 18.2 Å². The Morgan fingerprint density at radius 2 is 2.05 bits per heavy atom. The van der Waals surface area contributed by atoms with E-state index in [1.807, 2.05) is 18.2 Å². The first-order valence-electron chi connectivity index (χ1n) is 7.09. The number of benzene rings is 1. The summed E-state index contributed by atoms with van der Waals surface area (Å²) in [4.78, 5) is 0. The van der Waals surface area contributed by atoms with Gasteiger partial charge < -0.3 is 20.5 Å². The van der Waals surface area contributed by atoms with Gasteiger partial charge in [0, 0.05) is 6.54 Å². The van der Waals surface area contributed by atoms with Crippen molar-refractivity contribution >= 4 is 11.4 Å². The van der Waals surface area contributed by atoms with Crippen LogP contribution < -0.4 is 15.8 Å². The van der Waals surface area contributed by atoms with Crippen molar-refractivity contribution in [1.29, 1.82) is 0 Å². The summed E-state index contributed by atoms with van der Waals surface area (Å²) < 4.78 is 11.1. The maximum atomic E-state index is 5.99. The third-order valence-corrected chi connectivity index (χ3v) is 3.61. The lowest BCUT2D eigenvalue weighted by atomic mass is 9.98. The van der Waals surface area contributed by atoms with Crippen molar-refractivity contribution in [2.45, 2.75) is 38.2 Å². The number of anilines is 2. The molecule has 1 aromatic carbocycles. The van der Waals surface area contributed by atoms with E-state index in [1.165, 1.54) is 32.1 Å². The van der Waals surface area contributed by atoms with Gasteiger partial charge in [-0.15, -0.1) is 0 Å². The topological polar surface area (TPSA) is 56.5 Å². The van der Waals surface area contributed by atoms with E-state index >= 15 is 0 Å². The van der Waals surface area contributed by atoms with Gasteiger partial charge >= 0.3 is 0 Å². The number of methoxy groups -OCH3 is 1. The lowest BCUT2D eigenvalue weighted by Gasteiger charge is -2.22. The van der Waals surface area contributed by atoms with Crippen molar-refractivity contribution in [2.75, 3.05) is 31.3 Å². The zero-order chi connectivity index (χ0) is 13.5. The van der Waals surface area contributed by atoms with Gasteiger partial charge in [0.25, 0.3) is 0 Å². The van der Waals surface area contributed by atoms with Crippen LogP contribution in [-0.2, 0) is 4.74 Å². The van der Waals surface area contributed by atoms with Gasteiger partial charge in [-0.05, 0) is 25.0 Å². The molecule has 1 saturated carbocycles. The number of nitrogens with two attached hydrogens (primary N) is 1. The molecule has 3 N–H and O–H groups in total. The Bertz CT molecular complexity index is 390. The molecule has 0 aromatic heterocycles. The van der Waals surface area contributed by atoms with E-state index in [9.17, 15) is 0 Å². The molecule has 0 saturated heterocycles. The molecule has 4 nitrogen and oxygen atoms in total. The summed E-state index contributed by atoms with van der Waals surface area (Å²) >= 11 is 0. The summed E-state index contributed by atoms with van der Waals surface area (Å²) in [6.07, 6.45) is 6.85. The smallest absolute Gasteiger partial charge is 0.143 e. The van der Waals surface area contributed by atoms with Crippen LogP contribution in [0.25, 0.3) is 0 Å². The highest BCUT2D eigenvalue weighted by Crippen LogP contribution is 2.28. The molecule has 0 spiro atoms. The fraction of sp³-hybridized carbons (Fsp3) is 0.600. The SMILES string of the molecule is COc1cccc(NCCOC2CCCCC2)c1N. The molecule has 2 rings (SSSR count). The molecule has 0 atom stereocenters. The molecule has 0 unspecified atom stereocenters. The number of hydrogen-bond acceptors (Lipinski definition) is 4. The van der Waals surface area contributed by atoms with Crippen LogP contribution >= 0.6 is 0 Å². The lowest BCUT2D eigenvalue weighted by molar-refractivity contribution is 0.0347. The number of ether oxygens (including phenoxy) is 2. The Labute approximate surface area is 115 Å². The Morgan fingerprint density at radius 3 is 2.79 bits per heavy atom. The third kappa shape index (κ3) is 4.03. The van der Waals surface area contributed by atoms with E-state index in [-0.39, 0.29) is 0 Å². The zero-order valence-electron chi connectivity index (χ0n) is 11.7. The fourth-order valence-corrected chi connectivity index (χ4v) is 2.52. The Kier molecular flexibility index (Phi) is 5.33. The number of rotatable bonds is 6. The average Bonchev–Trinajstić information content (AvgIpc) is 2.46. The Hall–Kier alpha value is -1.42. The van der Waals surface area contributed by atoms with Crippen LogP contribution in [-0.4, -0.2) is 26.4 Å². The van der Waals surface area contributed by atoms with Gasteiger partial charge in [0.1, 0.15) is 5.75 Å². The third-order valence-electron chi connectivity index (χ3n) is 3.61. The minimum atomic E-state index is 0.457. The van der Waals surface area contributed by atoms with Crippen LogP contribution in [0, 0.1) is 0 Å². The van der Waals surface area contributed by atoms with Crippen molar-refractivity contribution in [2.24, 2.45) is 0 Å². The van der Waals surface area contributed by atoms with Gasteiger partial charge in [-0.2, -0.15) is 0 Å². The highest BCUT2D eigenvalue weighted by molar-refractivity contribution is 5.72. The predicted octanol–water partition coefficient (Wildman–Crippen LogP) is 3.04. The number of hydrogen-bond donors (Lipinski definition) is 2. The maximum absolute atomic E-state index is 5.99. The van der Waals surface area contributed by atoms with E-state index in [0.29, 0.717) is 17.5 Å². The maximum Gasteiger partial charge on any atom is 0.143 e. The normalized spacial score (nSPS) is 16.3. The zero-order valence-corrected chi connectivity index (χ0v) is 11.7. The van der Waals surface area contributed by atoms with E-state index in [2.05, 4.69) is 5.32 Å². The number of para-hydroxylation sites is 1. The molecule has 4 heteroatoms. The quantitative estimate of drug-likeness (QED) is 0.612. The van der Waals surface area contributed by atoms with Crippen molar-refractivity contribution < 1.29 is 9.47 Å². The second-order valence-electron chi connectivity index (χ2n) is 4.98. The molecule has 19 heavy (non-hydrogen) atoms. The minimum Gasteiger partial charge on any atom is -0.495 e. The van der Waals surface area contributed by atoms with Crippen LogP contribution in [0.15, 0.2) is 18.2 Å². The monoisotopic (exact) mass is 264 g/mol. The first-order valence-corrected chi connectivity index (χ1v) is 7.09. The van der Waals surface area contributed by atoms with Crippen LogP contribution in [0.3, 0.4) is 0 Å². The largest absolute Gasteiger partial charge is 0.495 e. The highest BCUT2D eigenvalue weighted by atomic mass is 16.5. The van der Waals surface area contributed by atoms with Crippen molar-refractivity contribution in [1.82, 2.24) is 0 Å². The molecule has 0 bridgehead atoms. The molecule has 1 aromatic rings. The van der Waals surface area contributed by atoms with Crippen LogP contribution in [0.5, 0.6) is 5.75 Å². The summed E-state index contributed by atoms with van der Waals surface area (Å²) in [6, 6.07) is 5.75. The summed E-state index contributed by atoms with van der Waals surface area (Å²) in [5.74, 6) is 0.707. The number of nitrogen functional groups attached to an aromatic ring is 1. The standard InChI is InChI=1S/C15H24N2O2/c1-18-14-9-5-8-13(15(14)16)17-10-11-19-12-6-3-2-4-7-12/h5,8-9,12,17H,2-4,6-7,10-11,16H2,1H3. The Balaban J connectivity index is 1.73. The second kappa shape index (κ2) is 7.24. The fourth-order valence-electron chi connectivity index (χ4n) is 2.52. The van der Waals surface area contributed by atoms with Gasteiger partial charge in [-0.1, -0.05) is 25.3 Å². The second-order valence-corrected chi connectivity index (χ2v) is 4.98. The van der Waals surface area contributed by atoms with E-state index in [0.717, 1.165) is 18.8 Å². The first kappa shape index (κ1) is 14.0. The van der Waals surface area contributed by atoms with E-state index < -0.39 is 0 Å². The van der Waals surface area contributed by atoms with Gasteiger partial charge in [0.2, 0.25) is 0 Å². The molecule has 0 aliphatic heterocycles. The average molecular weight is 264 g/mol. The van der Waals surface area contributed by atoms with Crippen molar-refractivity contribution in [3.8, 4) is 5.75 Å². The molecular formula is C15H24N2O2. The minimum absolute atomic E-state index is 0.457. The van der Waals surface area contributed by atoms with Gasteiger partial charge in [-0.3, -0.25) is 0 Å². The molecule has 1 aliphatic carbocycles. The number of nitrogens with one attached hydrogen (secondary N) is 1. The van der Waals surface area contributed by atoms with E-state index in [4.69, 9.17) is 15.2 Å². The van der Waals surface area contributed by atoms with Crippen molar-refractivity contribution in [3.63, 3.8) is 0 Å². The highest BCUT2D eigenvalue weighted by Gasteiger charge is 2.13. The predicted molar refractivity (Wildman–Crippen MR) is 78.7 cm³/mol. The summed E-state index contributed by atoms with van der Waals surface area (Å²) in [7, 11) is 1.63. The summed E-state index contributed by atoms with van der Waals surface area (Å²) in [5, 5.41) is 3.30. The molecule has 1 aliphatic rings. The molecular weight excluding hydrogens is 240 g/mol. The molecule has 0 amide bonds. The molecule has 1 fully saturated rings. The van der Waals surface area contributed by atoms with Gasteiger partial charge in [0.15, 0.2) is 0 Å². The van der Waals surface area contributed by atoms with Crippen LogP contribution in [0.2, 0.25) is 0 Å². The first-order chi connectivity index (χ1) is 9.31. The summed E-state index contributed by atoms with van der Waals surface area (Å²) in [5.41, 5.74) is 7.55. The molecule has 0 heterocycles. The summed E-state index contributed by atoms with van der Waals surface area (Å²) in [6.45, 7) is 1.50. The van der Waals surface area contributed by atoms with Gasteiger partial charge in [0.05, 0.1) is 31.2 Å². The Morgan fingerprint density at radius 1 is 1.26 bits per heavy atom. The van der Waals surface area contributed by atoms with Crippen LogP contribution in [0.4, 0.5) is 11.4 Å². The van der Waals surface area contributed by atoms with E-state index in [1.54, 1.807) is 7.11 Å². The van der Waals surface area contributed by atoms with Gasteiger partial charge in [-0.25, -0.2) is 0 Å². The lowest BCUT2D eigenvalue weighted by Crippen LogP contribution is -2.20. The molecule has 106 valence electrons. The molecule has 0 radical (unpaired) electrons. The van der Waals surface area contributed by atoms with Crippen LogP contribution in [0.1, 0.15) is 32.1 Å².